The molecule has 0 spiro atoms. The molecule has 0 unspecified atom stereocenters. The van der Waals surface area contributed by atoms with Gasteiger partial charge in [0.15, 0.2) is 0 Å². The summed E-state index contributed by atoms with van der Waals surface area (Å²) in [4.78, 5) is 0. The maximum atomic E-state index is 12.9. The number of aryl methyl sites for hydroxylation is 1. The fourth-order valence-corrected chi connectivity index (χ4v) is 2.73. The Morgan fingerprint density at radius 1 is 1.16 bits per heavy atom. The fraction of sp³-hybridized carbons (Fsp3) is 0.158. The van der Waals surface area contributed by atoms with Gasteiger partial charge < -0.3 is 0 Å². The molecule has 3 aromatic rings. The Bertz CT molecular complexity index is 900. The van der Waals surface area contributed by atoms with Crippen molar-refractivity contribution in [1.82, 2.24) is 9.78 Å². The van der Waals surface area contributed by atoms with E-state index in [0.717, 1.165) is 33.2 Å². The molecule has 2 aromatic carbocycles. The van der Waals surface area contributed by atoms with Crippen LogP contribution in [0.15, 0.2) is 53.6 Å². The van der Waals surface area contributed by atoms with Gasteiger partial charge in [-0.25, -0.2) is 4.39 Å². The first-order valence-corrected chi connectivity index (χ1v) is 8.24. The van der Waals surface area contributed by atoms with Crippen LogP contribution >= 0.6 is 11.6 Å². The fourth-order valence-electron chi connectivity index (χ4n) is 2.54. The van der Waals surface area contributed by atoms with E-state index in [1.54, 1.807) is 18.3 Å². The molecule has 6 heteroatoms. The number of hydrogen-bond acceptors (Lipinski definition) is 3. The van der Waals surface area contributed by atoms with Crippen LogP contribution in [0, 0.1) is 19.7 Å². The van der Waals surface area contributed by atoms with Gasteiger partial charge in [-0.1, -0.05) is 29.8 Å². The van der Waals surface area contributed by atoms with Gasteiger partial charge in [0.05, 0.1) is 24.1 Å². The number of aromatic nitrogens is 2. The molecule has 4 nitrogen and oxygen atoms in total. The molecule has 1 heterocycles. The van der Waals surface area contributed by atoms with Crippen molar-refractivity contribution in [2.45, 2.75) is 20.4 Å². The number of hydrazone groups is 1. The van der Waals surface area contributed by atoms with E-state index in [0.29, 0.717) is 6.54 Å². The van der Waals surface area contributed by atoms with E-state index >= 15 is 0 Å². The Balaban J connectivity index is 1.76. The Kier molecular flexibility index (Phi) is 5.14. The molecule has 128 valence electrons. The minimum atomic E-state index is -0.276. The van der Waals surface area contributed by atoms with Gasteiger partial charge in [-0.3, -0.25) is 10.1 Å². The Morgan fingerprint density at radius 2 is 1.88 bits per heavy atom. The minimum Gasteiger partial charge on any atom is -0.278 e. The van der Waals surface area contributed by atoms with Gasteiger partial charge in [0.2, 0.25) is 0 Å². The summed E-state index contributed by atoms with van der Waals surface area (Å²) < 4.78 is 14.8. The average Bonchev–Trinajstić information content (AvgIpc) is 2.86. The summed E-state index contributed by atoms with van der Waals surface area (Å²) in [5.41, 5.74) is 7.45. The summed E-state index contributed by atoms with van der Waals surface area (Å²) in [5, 5.41) is 9.52. The quantitative estimate of drug-likeness (QED) is 0.527. The number of nitrogens with zero attached hydrogens (tertiary/aromatic N) is 3. The number of benzene rings is 2. The van der Waals surface area contributed by atoms with Crippen molar-refractivity contribution in [2.75, 3.05) is 5.43 Å². The van der Waals surface area contributed by atoms with Crippen molar-refractivity contribution in [3.63, 3.8) is 0 Å². The zero-order valence-corrected chi connectivity index (χ0v) is 14.8. The van der Waals surface area contributed by atoms with Crippen LogP contribution in [0.5, 0.6) is 0 Å². The Morgan fingerprint density at radius 3 is 2.60 bits per heavy atom. The lowest BCUT2D eigenvalue weighted by atomic mass is 10.2. The first-order valence-electron chi connectivity index (χ1n) is 7.86. The summed E-state index contributed by atoms with van der Waals surface area (Å²) in [6.45, 7) is 4.54. The van der Waals surface area contributed by atoms with Gasteiger partial charge in [0.25, 0.3) is 0 Å². The number of halogens is 2. The molecular weight excluding hydrogens is 339 g/mol. The Labute approximate surface area is 150 Å². The third kappa shape index (κ3) is 4.06. The lowest BCUT2D eigenvalue weighted by molar-refractivity contribution is 0.628. The third-order valence-electron chi connectivity index (χ3n) is 3.95. The van der Waals surface area contributed by atoms with Crippen LogP contribution in [-0.2, 0) is 6.54 Å². The van der Waals surface area contributed by atoms with Gasteiger partial charge >= 0.3 is 0 Å². The van der Waals surface area contributed by atoms with E-state index in [2.05, 4.69) is 15.6 Å². The normalized spacial score (nSPS) is 11.2. The van der Waals surface area contributed by atoms with Crippen molar-refractivity contribution in [2.24, 2.45) is 5.10 Å². The van der Waals surface area contributed by atoms with E-state index < -0.39 is 0 Å². The van der Waals surface area contributed by atoms with Crippen molar-refractivity contribution in [3.8, 4) is 0 Å². The topological polar surface area (TPSA) is 42.2 Å². The van der Waals surface area contributed by atoms with E-state index in [1.165, 1.54) is 12.1 Å². The molecule has 25 heavy (non-hydrogen) atoms. The standard InChI is InChI=1S/C19H18ClFN4/c1-13-18(11-22-23-17-9-7-16(21)8-10-17)14(2)25(24-13)12-15-5-3-4-6-19(15)20/h3-11,23H,12H2,1-2H3/b22-11-. The van der Waals surface area contributed by atoms with Gasteiger partial charge in [0.1, 0.15) is 5.82 Å². The molecule has 0 aliphatic carbocycles. The zero-order chi connectivity index (χ0) is 17.8. The molecule has 1 aromatic heterocycles. The highest BCUT2D eigenvalue weighted by atomic mass is 35.5. The molecule has 1 N–H and O–H groups in total. The SMILES string of the molecule is Cc1nn(Cc2ccccc2Cl)c(C)c1/C=N\Nc1ccc(F)cc1. The van der Waals surface area contributed by atoms with Crippen LogP contribution in [-0.4, -0.2) is 16.0 Å². The summed E-state index contributed by atoms with van der Waals surface area (Å²) in [7, 11) is 0. The molecule has 0 fully saturated rings. The maximum absolute atomic E-state index is 12.9. The van der Waals surface area contributed by atoms with Crippen LogP contribution in [0.3, 0.4) is 0 Å². The van der Waals surface area contributed by atoms with E-state index in [1.807, 2.05) is 42.8 Å². The highest BCUT2D eigenvalue weighted by Crippen LogP contribution is 2.19. The van der Waals surface area contributed by atoms with E-state index in [4.69, 9.17) is 11.6 Å². The Hall–Kier alpha value is -2.66. The van der Waals surface area contributed by atoms with Crippen LogP contribution < -0.4 is 5.43 Å². The second-order valence-corrected chi connectivity index (χ2v) is 6.12. The minimum absolute atomic E-state index is 0.276. The second kappa shape index (κ2) is 7.49. The van der Waals surface area contributed by atoms with Crippen LogP contribution in [0.2, 0.25) is 5.02 Å². The van der Waals surface area contributed by atoms with Crippen LogP contribution in [0.4, 0.5) is 10.1 Å². The summed E-state index contributed by atoms with van der Waals surface area (Å²) in [6, 6.07) is 13.8. The predicted molar refractivity (Wildman–Crippen MR) is 99.9 cm³/mol. The molecule has 0 bridgehead atoms. The van der Waals surface area contributed by atoms with Gasteiger partial charge in [-0.2, -0.15) is 10.2 Å². The van der Waals surface area contributed by atoms with Gasteiger partial charge in [0, 0.05) is 16.3 Å². The lowest BCUT2D eigenvalue weighted by Crippen LogP contribution is -2.05. The highest BCUT2D eigenvalue weighted by molar-refractivity contribution is 6.31. The molecule has 0 saturated carbocycles. The molecule has 0 saturated heterocycles. The maximum Gasteiger partial charge on any atom is 0.123 e. The lowest BCUT2D eigenvalue weighted by Gasteiger charge is -2.06. The van der Waals surface area contributed by atoms with Crippen molar-refractivity contribution >= 4 is 23.5 Å². The van der Waals surface area contributed by atoms with Gasteiger partial charge in [-0.05, 0) is 49.7 Å². The van der Waals surface area contributed by atoms with Crippen molar-refractivity contribution in [1.29, 1.82) is 0 Å². The molecule has 0 aliphatic rings. The van der Waals surface area contributed by atoms with Crippen LogP contribution in [0.25, 0.3) is 0 Å². The predicted octanol–water partition coefficient (Wildman–Crippen LogP) is 4.79. The van der Waals surface area contributed by atoms with E-state index in [-0.39, 0.29) is 5.82 Å². The average molecular weight is 357 g/mol. The summed E-state index contributed by atoms with van der Waals surface area (Å²) in [6.07, 6.45) is 1.73. The highest BCUT2D eigenvalue weighted by Gasteiger charge is 2.11. The number of nitrogens with one attached hydrogen (secondary N) is 1. The summed E-state index contributed by atoms with van der Waals surface area (Å²) >= 11 is 6.23. The first kappa shape index (κ1) is 17.2. The number of rotatable bonds is 5. The van der Waals surface area contributed by atoms with Crippen molar-refractivity contribution < 1.29 is 4.39 Å². The van der Waals surface area contributed by atoms with E-state index in [9.17, 15) is 4.39 Å². The van der Waals surface area contributed by atoms with Gasteiger partial charge in [-0.15, -0.1) is 0 Å². The smallest absolute Gasteiger partial charge is 0.123 e. The zero-order valence-electron chi connectivity index (χ0n) is 14.0. The molecule has 0 radical (unpaired) electrons. The molecule has 0 aliphatic heterocycles. The molecule has 0 atom stereocenters. The monoisotopic (exact) mass is 356 g/mol. The number of hydrogen-bond donors (Lipinski definition) is 1. The van der Waals surface area contributed by atoms with Crippen LogP contribution in [0.1, 0.15) is 22.5 Å². The molecule has 0 amide bonds. The summed E-state index contributed by atoms with van der Waals surface area (Å²) in [5.74, 6) is -0.276. The third-order valence-corrected chi connectivity index (χ3v) is 4.32. The molecular formula is C19H18ClFN4. The second-order valence-electron chi connectivity index (χ2n) is 5.71. The number of anilines is 1. The first-order chi connectivity index (χ1) is 12.0. The largest absolute Gasteiger partial charge is 0.278 e. The molecule has 3 rings (SSSR count). The van der Waals surface area contributed by atoms with Crippen molar-refractivity contribution in [3.05, 3.63) is 81.9 Å².